The largest absolute Gasteiger partial charge is 0.497 e. The number of nitrogens with one attached hydrogen (secondary N) is 3. The highest BCUT2D eigenvalue weighted by atomic mass is 16.6. The molecule has 2 amide bonds. The zero-order valence-corrected chi connectivity index (χ0v) is 22.8. The summed E-state index contributed by atoms with van der Waals surface area (Å²) in [7, 11) is 2.94. The van der Waals surface area contributed by atoms with Crippen LogP contribution in [0.3, 0.4) is 0 Å². The van der Waals surface area contributed by atoms with Crippen molar-refractivity contribution in [3.05, 3.63) is 105 Å². The first-order valence-electron chi connectivity index (χ1n) is 12.7. The van der Waals surface area contributed by atoms with Gasteiger partial charge in [0.05, 0.1) is 41.1 Å². The first-order valence-corrected chi connectivity index (χ1v) is 12.7. The summed E-state index contributed by atoms with van der Waals surface area (Å²) in [6.07, 6.45) is 0. The number of carbonyl (C=O) groups excluding carboxylic acids is 2. The Morgan fingerprint density at radius 1 is 0.860 bits per heavy atom. The first kappa shape index (κ1) is 28.4. The molecule has 0 spiro atoms. The SMILES string of the molecule is COc1ccc(Nc2cc([N+](=O)[O-])c(Nc3ccc(OC)cc3)c([N+](=O)[O-])c2C(=O)N2CC(=O)Nc3ccccc32)cc1. The van der Waals surface area contributed by atoms with E-state index in [1.807, 2.05) is 0 Å². The average Bonchev–Trinajstić information content (AvgIpc) is 3.01. The lowest BCUT2D eigenvalue weighted by atomic mass is 10.0. The van der Waals surface area contributed by atoms with Crippen LogP contribution in [0.2, 0.25) is 0 Å². The summed E-state index contributed by atoms with van der Waals surface area (Å²) in [5.41, 5.74) is -1.46. The molecule has 43 heavy (non-hydrogen) atoms. The van der Waals surface area contributed by atoms with Crippen LogP contribution in [-0.4, -0.2) is 42.4 Å². The number of amides is 2. The molecule has 4 aromatic rings. The van der Waals surface area contributed by atoms with Crippen molar-refractivity contribution in [2.24, 2.45) is 0 Å². The maximum absolute atomic E-state index is 14.3. The lowest BCUT2D eigenvalue weighted by Gasteiger charge is -2.29. The minimum atomic E-state index is -0.919. The molecule has 0 unspecified atom stereocenters. The predicted molar refractivity (Wildman–Crippen MR) is 159 cm³/mol. The molecule has 0 saturated heterocycles. The van der Waals surface area contributed by atoms with Crippen LogP contribution in [0.1, 0.15) is 10.4 Å². The molecule has 4 aromatic carbocycles. The van der Waals surface area contributed by atoms with E-state index in [2.05, 4.69) is 16.0 Å². The number of hydrogen-bond donors (Lipinski definition) is 3. The number of rotatable bonds is 9. The molecule has 1 heterocycles. The van der Waals surface area contributed by atoms with Crippen LogP contribution in [0.25, 0.3) is 0 Å². The van der Waals surface area contributed by atoms with Gasteiger partial charge < -0.3 is 25.4 Å². The van der Waals surface area contributed by atoms with Crippen molar-refractivity contribution in [2.75, 3.05) is 41.6 Å². The Morgan fingerprint density at radius 2 is 1.44 bits per heavy atom. The molecule has 0 fully saturated rings. The maximum Gasteiger partial charge on any atom is 0.314 e. The lowest BCUT2D eigenvalue weighted by Crippen LogP contribution is -2.42. The Morgan fingerprint density at radius 3 is 2.00 bits per heavy atom. The second kappa shape index (κ2) is 11.7. The van der Waals surface area contributed by atoms with Gasteiger partial charge in [-0.2, -0.15) is 0 Å². The number of methoxy groups -OCH3 is 2. The number of benzene rings is 4. The van der Waals surface area contributed by atoms with Crippen LogP contribution >= 0.6 is 0 Å². The van der Waals surface area contributed by atoms with E-state index in [0.29, 0.717) is 28.6 Å². The predicted octanol–water partition coefficient (Wildman–Crippen LogP) is 5.61. The topological polar surface area (TPSA) is 178 Å². The van der Waals surface area contributed by atoms with Gasteiger partial charge in [-0.15, -0.1) is 0 Å². The van der Waals surface area contributed by atoms with E-state index in [1.54, 1.807) is 60.7 Å². The molecule has 0 aliphatic carbocycles. The standard InChI is InChI=1S/C29H24N6O8/c1-42-19-11-7-17(8-12-19)30-22-15-24(34(38)39)27(31-18-9-13-20(43-2)14-10-18)28(35(40)41)26(22)29(37)33-16-25(36)32-21-5-3-4-6-23(21)33/h3-15,30-31H,16H2,1-2H3,(H,32,36). The number of nitro groups is 2. The quantitative estimate of drug-likeness (QED) is 0.165. The molecule has 0 atom stereocenters. The van der Waals surface area contributed by atoms with Crippen LogP contribution in [0.4, 0.5) is 45.5 Å². The van der Waals surface area contributed by atoms with Gasteiger partial charge in [0.1, 0.15) is 23.6 Å². The van der Waals surface area contributed by atoms with Gasteiger partial charge in [-0.1, -0.05) is 12.1 Å². The fraction of sp³-hybridized carbons (Fsp3) is 0.103. The van der Waals surface area contributed by atoms with Crippen LogP contribution in [-0.2, 0) is 4.79 Å². The van der Waals surface area contributed by atoms with Crippen LogP contribution in [0.5, 0.6) is 11.5 Å². The number of fused-ring (bicyclic) bond motifs is 1. The molecule has 0 aromatic heterocycles. The summed E-state index contributed by atoms with van der Waals surface area (Å²) in [6.45, 7) is -0.437. The molecule has 5 rings (SSSR count). The van der Waals surface area contributed by atoms with Gasteiger partial charge in [-0.3, -0.25) is 34.7 Å². The van der Waals surface area contributed by atoms with E-state index >= 15 is 0 Å². The van der Waals surface area contributed by atoms with Crippen molar-refractivity contribution in [1.82, 2.24) is 0 Å². The molecule has 3 N–H and O–H groups in total. The molecule has 218 valence electrons. The Kier molecular flexibility index (Phi) is 7.74. The number of nitro benzene ring substituents is 2. The number of anilines is 6. The van der Waals surface area contributed by atoms with Gasteiger partial charge in [0, 0.05) is 17.4 Å². The maximum atomic E-state index is 14.3. The summed E-state index contributed by atoms with van der Waals surface area (Å²) >= 11 is 0. The summed E-state index contributed by atoms with van der Waals surface area (Å²) < 4.78 is 10.3. The summed E-state index contributed by atoms with van der Waals surface area (Å²) in [4.78, 5) is 51.3. The van der Waals surface area contributed by atoms with E-state index < -0.39 is 50.8 Å². The van der Waals surface area contributed by atoms with Crippen molar-refractivity contribution < 1.29 is 28.9 Å². The number of para-hydroxylation sites is 2. The summed E-state index contributed by atoms with van der Waals surface area (Å²) in [6, 6.07) is 20.1. The summed E-state index contributed by atoms with van der Waals surface area (Å²) in [5, 5.41) is 33.4. The Balaban J connectivity index is 1.74. The number of nitrogens with zero attached hydrogens (tertiary/aromatic N) is 3. The van der Waals surface area contributed by atoms with Gasteiger partial charge in [0.25, 0.3) is 5.91 Å². The zero-order chi connectivity index (χ0) is 30.7. The third-order valence-corrected chi connectivity index (χ3v) is 6.62. The van der Waals surface area contributed by atoms with Crippen molar-refractivity contribution in [3.63, 3.8) is 0 Å². The van der Waals surface area contributed by atoms with Gasteiger partial charge in [0.2, 0.25) is 5.91 Å². The average molecular weight is 585 g/mol. The molecule has 0 bridgehead atoms. The van der Waals surface area contributed by atoms with Gasteiger partial charge in [-0.25, -0.2) is 0 Å². The Labute approximate surface area is 244 Å². The number of ether oxygens (including phenoxy) is 2. The molecule has 1 aliphatic heterocycles. The Bertz CT molecular complexity index is 1740. The molecular weight excluding hydrogens is 560 g/mol. The summed E-state index contributed by atoms with van der Waals surface area (Å²) in [5.74, 6) is -0.421. The van der Waals surface area contributed by atoms with E-state index in [-0.39, 0.29) is 11.4 Å². The second-order valence-corrected chi connectivity index (χ2v) is 9.22. The van der Waals surface area contributed by atoms with Gasteiger partial charge in [-0.05, 0) is 60.7 Å². The minimum Gasteiger partial charge on any atom is -0.497 e. The second-order valence-electron chi connectivity index (χ2n) is 9.22. The zero-order valence-electron chi connectivity index (χ0n) is 22.8. The van der Waals surface area contributed by atoms with Crippen molar-refractivity contribution in [3.8, 4) is 11.5 Å². The smallest absolute Gasteiger partial charge is 0.314 e. The molecular formula is C29H24N6O8. The van der Waals surface area contributed by atoms with Crippen molar-refractivity contribution in [2.45, 2.75) is 0 Å². The molecule has 0 radical (unpaired) electrons. The molecule has 0 saturated carbocycles. The lowest BCUT2D eigenvalue weighted by molar-refractivity contribution is -0.392. The molecule has 14 nitrogen and oxygen atoms in total. The van der Waals surface area contributed by atoms with Crippen molar-refractivity contribution >= 4 is 57.3 Å². The monoisotopic (exact) mass is 584 g/mol. The minimum absolute atomic E-state index is 0.211. The molecule has 14 heteroatoms. The first-order chi connectivity index (χ1) is 20.7. The van der Waals surface area contributed by atoms with Crippen molar-refractivity contribution in [1.29, 1.82) is 0 Å². The van der Waals surface area contributed by atoms with E-state index in [4.69, 9.17) is 9.47 Å². The number of carbonyl (C=O) groups is 2. The van der Waals surface area contributed by atoms with E-state index in [0.717, 1.165) is 11.0 Å². The van der Waals surface area contributed by atoms with E-state index in [9.17, 15) is 29.8 Å². The highest BCUT2D eigenvalue weighted by Crippen LogP contribution is 2.45. The molecule has 1 aliphatic rings. The fourth-order valence-electron chi connectivity index (χ4n) is 4.62. The van der Waals surface area contributed by atoms with Crippen LogP contribution < -0.4 is 30.3 Å². The third-order valence-electron chi connectivity index (χ3n) is 6.62. The van der Waals surface area contributed by atoms with Crippen LogP contribution in [0.15, 0.2) is 78.9 Å². The van der Waals surface area contributed by atoms with Gasteiger partial charge >= 0.3 is 11.4 Å². The highest BCUT2D eigenvalue weighted by Gasteiger charge is 2.39. The Hall–Kier alpha value is -6.18. The third kappa shape index (κ3) is 5.69. The highest BCUT2D eigenvalue weighted by molar-refractivity contribution is 6.20. The van der Waals surface area contributed by atoms with Crippen LogP contribution in [0, 0.1) is 20.2 Å². The fourth-order valence-corrected chi connectivity index (χ4v) is 4.62. The van der Waals surface area contributed by atoms with E-state index in [1.165, 1.54) is 26.4 Å². The van der Waals surface area contributed by atoms with Gasteiger partial charge in [0.15, 0.2) is 5.69 Å². The number of hydrogen-bond acceptors (Lipinski definition) is 10. The normalized spacial score (nSPS) is 12.0.